The minimum absolute atomic E-state index is 0.0815. The smallest absolute Gasteiger partial charge is 0.123 e. The molecule has 1 rings (SSSR count). The molecule has 0 amide bonds. The Morgan fingerprint density at radius 2 is 1.93 bits per heavy atom. The molecule has 0 saturated heterocycles. The first-order valence-corrected chi connectivity index (χ1v) is 6.01. The summed E-state index contributed by atoms with van der Waals surface area (Å²) in [6.45, 7) is 4.28. The third-order valence-electron chi connectivity index (χ3n) is 2.07. The summed E-state index contributed by atoms with van der Waals surface area (Å²) in [5.74, 6) is 6.14. The van der Waals surface area contributed by atoms with E-state index in [1.165, 1.54) is 12.1 Å². The van der Waals surface area contributed by atoms with Crippen LogP contribution in [0.2, 0.25) is 0 Å². The van der Waals surface area contributed by atoms with Crippen LogP contribution in [0.4, 0.5) is 4.39 Å². The van der Waals surface area contributed by atoms with Gasteiger partial charge in [0.2, 0.25) is 0 Å². The molecule has 4 heteroatoms. The molecule has 0 bridgehead atoms. The summed E-state index contributed by atoms with van der Waals surface area (Å²) in [6.07, 6.45) is 0. The molecule has 0 spiro atoms. The third-order valence-corrected chi connectivity index (χ3v) is 3.26. The van der Waals surface area contributed by atoms with Gasteiger partial charge in [-0.2, -0.15) is 11.8 Å². The molecular formula is C11H17FN2S. The van der Waals surface area contributed by atoms with Gasteiger partial charge in [-0.05, 0) is 22.9 Å². The normalized spacial score (nSPS) is 13.1. The standard InChI is InChI=1S/C11H17FN2S/c1-8(2)15-7-11(14-13)9-3-5-10(12)6-4-9/h3-6,8,11,14H,7,13H2,1-2H3. The van der Waals surface area contributed by atoms with Crippen LogP contribution in [0.3, 0.4) is 0 Å². The lowest BCUT2D eigenvalue weighted by Crippen LogP contribution is -2.30. The van der Waals surface area contributed by atoms with Gasteiger partial charge in [-0.25, -0.2) is 4.39 Å². The second-order valence-corrected chi connectivity index (χ2v) is 5.26. The zero-order valence-corrected chi connectivity index (χ0v) is 9.85. The molecule has 1 unspecified atom stereocenters. The van der Waals surface area contributed by atoms with E-state index in [9.17, 15) is 4.39 Å². The van der Waals surface area contributed by atoms with Crippen LogP contribution < -0.4 is 11.3 Å². The van der Waals surface area contributed by atoms with Gasteiger partial charge in [0.15, 0.2) is 0 Å². The number of nitrogens with two attached hydrogens (primary N) is 1. The van der Waals surface area contributed by atoms with Crippen LogP contribution in [0.5, 0.6) is 0 Å². The highest BCUT2D eigenvalue weighted by Gasteiger charge is 2.10. The molecule has 0 heterocycles. The Morgan fingerprint density at radius 1 is 1.33 bits per heavy atom. The highest BCUT2D eigenvalue weighted by molar-refractivity contribution is 7.99. The summed E-state index contributed by atoms with van der Waals surface area (Å²) in [5, 5.41) is 0.571. The number of hydrogen-bond donors (Lipinski definition) is 2. The SMILES string of the molecule is CC(C)SCC(NN)c1ccc(F)cc1. The van der Waals surface area contributed by atoms with Crippen molar-refractivity contribution >= 4 is 11.8 Å². The van der Waals surface area contributed by atoms with Crippen molar-refractivity contribution in [3.8, 4) is 0 Å². The van der Waals surface area contributed by atoms with Gasteiger partial charge in [0.1, 0.15) is 5.82 Å². The van der Waals surface area contributed by atoms with E-state index in [1.54, 1.807) is 12.1 Å². The van der Waals surface area contributed by atoms with E-state index in [0.717, 1.165) is 11.3 Å². The summed E-state index contributed by atoms with van der Waals surface area (Å²) >= 11 is 1.83. The molecule has 0 radical (unpaired) electrons. The lowest BCUT2D eigenvalue weighted by Gasteiger charge is -2.17. The molecule has 3 N–H and O–H groups in total. The van der Waals surface area contributed by atoms with E-state index in [4.69, 9.17) is 5.84 Å². The predicted octanol–water partition coefficient (Wildman–Crippen LogP) is 2.47. The lowest BCUT2D eigenvalue weighted by atomic mass is 10.1. The van der Waals surface area contributed by atoms with E-state index < -0.39 is 0 Å². The fourth-order valence-electron chi connectivity index (χ4n) is 1.22. The van der Waals surface area contributed by atoms with Gasteiger partial charge >= 0.3 is 0 Å². The molecule has 2 nitrogen and oxygen atoms in total. The number of rotatable bonds is 5. The van der Waals surface area contributed by atoms with Crippen molar-refractivity contribution < 1.29 is 4.39 Å². The first kappa shape index (κ1) is 12.5. The summed E-state index contributed by atoms with van der Waals surface area (Å²) in [5.41, 5.74) is 3.77. The first-order chi connectivity index (χ1) is 7.13. The topological polar surface area (TPSA) is 38.0 Å². The van der Waals surface area contributed by atoms with Crippen LogP contribution in [0.25, 0.3) is 0 Å². The molecule has 1 aromatic rings. The van der Waals surface area contributed by atoms with Crippen molar-refractivity contribution in [2.45, 2.75) is 25.1 Å². The van der Waals surface area contributed by atoms with Crippen LogP contribution in [-0.2, 0) is 0 Å². The van der Waals surface area contributed by atoms with E-state index in [2.05, 4.69) is 19.3 Å². The van der Waals surface area contributed by atoms with Crippen molar-refractivity contribution in [3.63, 3.8) is 0 Å². The van der Waals surface area contributed by atoms with Crippen molar-refractivity contribution in [1.29, 1.82) is 0 Å². The van der Waals surface area contributed by atoms with Crippen LogP contribution >= 0.6 is 11.8 Å². The fourth-order valence-corrected chi connectivity index (χ4v) is 2.09. The number of hydrazine groups is 1. The quantitative estimate of drug-likeness (QED) is 0.600. The van der Waals surface area contributed by atoms with Gasteiger partial charge in [0.25, 0.3) is 0 Å². The molecule has 0 aromatic heterocycles. The maximum atomic E-state index is 12.7. The van der Waals surface area contributed by atoms with Gasteiger partial charge < -0.3 is 0 Å². The lowest BCUT2D eigenvalue weighted by molar-refractivity contribution is 0.601. The molecule has 84 valence electrons. The zero-order valence-electron chi connectivity index (χ0n) is 9.03. The minimum Gasteiger partial charge on any atom is -0.271 e. The highest BCUT2D eigenvalue weighted by Crippen LogP contribution is 2.20. The van der Waals surface area contributed by atoms with E-state index in [-0.39, 0.29) is 11.9 Å². The zero-order chi connectivity index (χ0) is 11.3. The molecular weight excluding hydrogens is 211 g/mol. The molecule has 1 aromatic carbocycles. The van der Waals surface area contributed by atoms with Crippen molar-refractivity contribution in [3.05, 3.63) is 35.6 Å². The maximum absolute atomic E-state index is 12.7. The van der Waals surface area contributed by atoms with Gasteiger partial charge in [-0.15, -0.1) is 0 Å². The van der Waals surface area contributed by atoms with Crippen LogP contribution in [0, 0.1) is 5.82 Å². The summed E-state index contributed by atoms with van der Waals surface area (Å²) < 4.78 is 12.7. The van der Waals surface area contributed by atoms with Crippen molar-refractivity contribution in [2.24, 2.45) is 5.84 Å². The Hall–Kier alpha value is -0.580. The average Bonchev–Trinajstić information content (AvgIpc) is 2.21. The summed E-state index contributed by atoms with van der Waals surface area (Å²) in [6, 6.07) is 6.53. The van der Waals surface area contributed by atoms with E-state index in [0.29, 0.717) is 5.25 Å². The number of hydrogen-bond acceptors (Lipinski definition) is 3. The monoisotopic (exact) mass is 228 g/mol. The minimum atomic E-state index is -0.217. The Labute approximate surface area is 94.4 Å². The van der Waals surface area contributed by atoms with Crippen molar-refractivity contribution in [2.75, 3.05) is 5.75 Å². The number of benzene rings is 1. The van der Waals surface area contributed by atoms with Crippen LogP contribution in [0.1, 0.15) is 25.5 Å². The Morgan fingerprint density at radius 3 is 2.40 bits per heavy atom. The van der Waals surface area contributed by atoms with Gasteiger partial charge in [0.05, 0.1) is 6.04 Å². The largest absolute Gasteiger partial charge is 0.271 e. The van der Waals surface area contributed by atoms with Gasteiger partial charge in [-0.1, -0.05) is 26.0 Å². The van der Waals surface area contributed by atoms with Crippen LogP contribution in [-0.4, -0.2) is 11.0 Å². The molecule has 0 aliphatic carbocycles. The van der Waals surface area contributed by atoms with Crippen molar-refractivity contribution in [1.82, 2.24) is 5.43 Å². The average molecular weight is 228 g/mol. The Kier molecular flexibility index (Phi) is 5.08. The second-order valence-electron chi connectivity index (χ2n) is 3.65. The molecule has 1 atom stereocenters. The summed E-state index contributed by atoms with van der Waals surface area (Å²) in [7, 11) is 0. The van der Waals surface area contributed by atoms with E-state index >= 15 is 0 Å². The number of halogens is 1. The molecule has 0 saturated carbocycles. The number of nitrogens with one attached hydrogen (secondary N) is 1. The van der Waals surface area contributed by atoms with E-state index in [1.807, 2.05) is 11.8 Å². The van der Waals surface area contributed by atoms with Gasteiger partial charge in [-0.3, -0.25) is 11.3 Å². The third kappa shape index (κ3) is 4.20. The summed E-state index contributed by atoms with van der Waals surface area (Å²) in [4.78, 5) is 0. The Bertz CT molecular complexity index is 287. The number of thioether (sulfide) groups is 1. The second kappa shape index (κ2) is 6.10. The van der Waals surface area contributed by atoms with Crippen LogP contribution in [0.15, 0.2) is 24.3 Å². The Balaban J connectivity index is 2.61. The molecule has 0 aliphatic heterocycles. The fraction of sp³-hybridized carbons (Fsp3) is 0.455. The predicted molar refractivity (Wildman–Crippen MR) is 64.1 cm³/mol. The molecule has 15 heavy (non-hydrogen) atoms. The maximum Gasteiger partial charge on any atom is 0.123 e. The first-order valence-electron chi connectivity index (χ1n) is 4.96. The molecule has 0 fully saturated rings. The molecule has 0 aliphatic rings. The highest BCUT2D eigenvalue weighted by atomic mass is 32.2. The van der Waals surface area contributed by atoms with Gasteiger partial charge in [0, 0.05) is 5.75 Å².